The molecule has 0 unspecified atom stereocenters. The van der Waals surface area contributed by atoms with Crippen LogP contribution in [0, 0.1) is 12.3 Å². The van der Waals surface area contributed by atoms with Crippen molar-refractivity contribution in [2.45, 2.75) is 6.92 Å². The van der Waals surface area contributed by atoms with Gasteiger partial charge in [-0.3, -0.25) is 9.98 Å². The normalized spacial score (nSPS) is 10.4. The van der Waals surface area contributed by atoms with Gasteiger partial charge in [-0.15, -0.1) is 0 Å². The molecule has 0 saturated carbocycles. The van der Waals surface area contributed by atoms with Crippen LogP contribution in [0.4, 0.5) is 0 Å². The molecule has 0 fully saturated rings. The molecule has 2 aromatic carbocycles. The Labute approximate surface area is 118 Å². The summed E-state index contributed by atoms with van der Waals surface area (Å²) >= 11 is 0. The highest BCUT2D eigenvalue weighted by molar-refractivity contribution is 5.99. The summed E-state index contributed by atoms with van der Waals surface area (Å²) in [4.78, 5) is 4.38. The third-order valence-electron chi connectivity index (χ3n) is 3.24. The lowest BCUT2D eigenvalue weighted by Gasteiger charge is -2.09. The Kier molecular flexibility index (Phi) is 3.17. The fourth-order valence-corrected chi connectivity index (χ4v) is 2.14. The Hall–Kier alpha value is -2.68. The van der Waals surface area contributed by atoms with Crippen LogP contribution in [0.15, 0.2) is 67.0 Å². The predicted octanol–water partition coefficient (Wildman–Crippen LogP) is 3.73. The molecule has 0 bridgehead atoms. The maximum absolute atomic E-state index is 8.34. The molecule has 1 aromatic heterocycles. The molecule has 3 heteroatoms. The minimum absolute atomic E-state index is 0.429. The molecule has 0 amide bonds. The Morgan fingerprint density at radius 3 is 2.40 bits per heavy atom. The predicted molar refractivity (Wildman–Crippen MR) is 81.1 cm³/mol. The Morgan fingerprint density at radius 1 is 1.00 bits per heavy atom. The van der Waals surface area contributed by atoms with E-state index in [9.17, 15) is 0 Å². The van der Waals surface area contributed by atoms with Gasteiger partial charge in [0, 0.05) is 23.5 Å². The van der Waals surface area contributed by atoms with E-state index in [1.807, 2.05) is 48.7 Å². The van der Waals surface area contributed by atoms with E-state index in [0.29, 0.717) is 5.84 Å². The van der Waals surface area contributed by atoms with E-state index in [-0.39, 0.29) is 0 Å². The van der Waals surface area contributed by atoms with E-state index in [0.717, 1.165) is 17.0 Å². The lowest BCUT2D eigenvalue weighted by Crippen LogP contribution is -2.12. The fourth-order valence-electron chi connectivity index (χ4n) is 2.14. The van der Waals surface area contributed by atoms with Gasteiger partial charge < -0.3 is 0 Å². The molecule has 0 aliphatic carbocycles. The van der Waals surface area contributed by atoms with Gasteiger partial charge in [0.2, 0.25) is 0 Å². The van der Waals surface area contributed by atoms with Crippen LogP contribution < -0.4 is 0 Å². The van der Waals surface area contributed by atoms with E-state index < -0.39 is 0 Å². The van der Waals surface area contributed by atoms with Gasteiger partial charge in [-0.1, -0.05) is 60.2 Å². The van der Waals surface area contributed by atoms with Crippen molar-refractivity contribution in [3.05, 3.63) is 78.1 Å². The summed E-state index contributed by atoms with van der Waals surface area (Å²) in [6.45, 7) is 2.06. The van der Waals surface area contributed by atoms with Crippen molar-refractivity contribution < 1.29 is 0 Å². The van der Waals surface area contributed by atoms with Crippen molar-refractivity contribution in [1.29, 1.82) is 5.41 Å². The first-order valence-electron chi connectivity index (χ1n) is 6.50. The number of rotatable bonds is 2. The summed E-state index contributed by atoms with van der Waals surface area (Å²) in [5, 5.41) is 8.34. The van der Waals surface area contributed by atoms with E-state index in [1.165, 1.54) is 5.56 Å². The molecule has 3 aromatic rings. The van der Waals surface area contributed by atoms with Crippen molar-refractivity contribution >= 4 is 5.84 Å². The van der Waals surface area contributed by atoms with Crippen molar-refractivity contribution in [2.24, 2.45) is 0 Å². The monoisotopic (exact) mass is 261 g/mol. The lowest BCUT2D eigenvalue weighted by atomic mass is 10.1. The molecule has 3 nitrogen and oxygen atoms in total. The van der Waals surface area contributed by atoms with Crippen LogP contribution in [0.3, 0.4) is 0 Å². The molecular formula is C17H15N3. The van der Waals surface area contributed by atoms with Crippen LogP contribution in [0.1, 0.15) is 11.1 Å². The van der Waals surface area contributed by atoms with Crippen LogP contribution in [-0.2, 0) is 0 Å². The van der Waals surface area contributed by atoms with E-state index >= 15 is 0 Å². The summed E-state index contributed by atoms with van der Waals surface area (Å²) in [7, 11) is 0. The third kappa shape index (κ3) is 2.26. The second-order valence-corrected chi connectivity index (χ2v) is 4.70. The van der Waals surface area contributed by atoms with Crippen molar-refractivity contribution in [3.63, 3.8) is 0 Å². The van der Waals surface area contributed by atoms with Gasteiger partial charge in [0.25, 0.3) is 0 Å². The minimum atomic E-state index is 0.429. The van der Waals surface area contributed by atoms with Gasteiger partial charge in [-0.05, 0) is 6.92 Å². The summed E-state index contributed by atoms with van der Waals surface area (Å²) in [6, 6.07) is 17.9. The van der Waals surface area contributed by atoms with Gasteiger partial charge >= 0.3 is 0 Å². The number of aryl methyl sites for hydroxylation is 1. The highest BCUT2D eigenvalue weighted by atomic mass is 15.1. The quantitative estimate of drug-likeness (QED) is 0.554. The summed E-state index contributed by atoms with van der Waals surface area (Å²) in [5.74, 6) is 1.22. The third-order valence-corrected chi connectivity index (χ3v) is 3.24. The Morgan fingerprint density at radius 2 is 1.70 bits per heavy atom. The SMILES string of the molecule is Cc1ccc(-c2nccn2C(=N)c2ccccc2)cc1. The molecule has 3 rings (SSSR count). The van der Waals surface area contributed by atoms with Crippen LogP contribution >= 0.6 is 0 Å². The molecule has 0 saturated heterocycles. The molecule has 0 aliphatic heterocycles. The number of hydrogen-bond donors (Lipinski definition) is 1. The van der Waals surface area contributed by atoms with Crippen molar-refractivity contribution in [2.75, 3.05) is 0 Å². The topological polar surface area (TPSA) is 41.7 Å². The molecule has 20 heavy (non-hydrogen) atoms. The van der Waals surface area contributed by atoms with E-state index in [2.05, 4.69) is 24.0 Å². The maximum Gasteiger partial charge on any atom is 0.145 e. The van der Waals surface area contributed by atoms with Crippen LogP contribution in [0.25, 0.3) is 11.4 Å². The van der Waals surface area contributed by atoms with Crippen LogP contribution in [0.2, 0.25) is 0 Å². The number of nitrogens with zero attached hydrogens (tertiary/aromatic N) is 2. The largest absolute Gasteiger partial charge is 0.284 e. The minimum Gasteiger partial charge on any atom is -0.284 e. The second-order valence-electron chi connectivity index (χ2n) is 4.70. The van der Waals surface area contributed by atoms with Gasteiger partial charge in [-0.2, -0.15) is 0 Å². The van der Waals surface area contributed by atoms with Gasteiger partial charge in [0.15, 0.2) is 0 Å². The first-order chi connectivity index (χ1) is 9.75. The summed E-state index contributed by atoms with van der Waals surface area (Å²) in [5.41, 5.74) is 3.10. The smallest absolute Gasteiger partial charge is 0.145 e. The lowest BCUT2D eigenvalue weighted by molar-refractivity contribution is 1.11. The number of hydrogen-bond acceptors (Lipinski definition) is 2. The molecule has 1 heterocycles. The first-order valence-corrected chi connectivity index (χ1v) is 6.50. The fraction of sp³-hybridized carbons (Fsp3) is 0.0588. The standard InChI is InChI=1S/C17H15N3/c1-13-7-9-15(10-8-13)17-19-11-12-20(17)16(18)14-5-3-2-4-6-14/h2-12,18H,1H3. The van der Waals surface area contributed by atoms with Crippen LogP contribution in [0.5, 0.6) is 0 Å². The summed E-state index contributed by atoms with van der Waals surface area (Å²) < 4.78 is 1.81. The molecule has 0 radical (unpaired) electrons. The Bertz CT molecular complexity index is 724. The molecule has 1 N–H and O–H groups in total. The zero-order valence-corrected chi connectivity index (χ0v) is 11.2. The first kappa shape index (κ1) is 12.4. The number of nitrogens with one attached hydrogen (secondary N) is 1. The van der Waals surface area contributed by atoms with Crippen molar-refractivity contribution in [3.8, 4) is 11.4 Å². The molecular weight excluding hydrogens is 246 g/mol. The van der Waals surface area contributed by atoms with Gasteiger partial charge in [-0.25, -0.2) is 4.98 Å². The van der Waals surface area contributed by atoms with Gasteiger partial charge in [0.1, 0.15) is 11.7 Å². The van der Waals surface area contributed by atoms with Crippen molar-refractivity contribution in [1.82, 2.24) is 9.55 Å². The number of benzene rings is 2. The van der Waals surface area contributed by atoms with E-state index in [1.54, 1.807) is 10.8 Å². The molecule has 0 spiro atoms. The highest BCUT2D eigenvalue weighted by Crippen LogP contribution is 2.19. The van der Waals surface area contributed by atoms with Gasteiger partial charge in [0.05, 0.1) is 0 Å². The number of imidazole rings is 1. The molecule has 0 aliphatic rings. The molecule has 0 atom stereocenters. The van der Waals surface area contributed by atoms with Crippen LogP contribution in [-0.4, -0.2) is 15.4 Å². The summed E-state index contributed by atoms with van der Waals surface area (Å²) in [6.07, 6.45) is 3.55. The zero-order valence-electron chi connectivity index (χ0n) is 11.2. The molecule has 98 valence electrons. The second kappa shape index (κ2) is 5.13. The average molecular weight is 261 g/mol. The Balaban J connectivity index is 2.02. The highest BCUT2D eigenvalue weighted by Gasteiger charge is 2.10. The van der Waals surface area contributed by atoms with E-state index in [4.69, 9.17) is 5.41 Å². The average Bonchev–Trinajstić information content (AvgIpc) is 2.97. The number of aromatic nitrogens is 2. The maximum atomic E-state index is 8.34. The zero-order chi connectivity index (χ0) is 13.9.